The van der Waals surface area contributed by atoms with Gasteiger partial charge < -0.3 is 9.84 Å². The van der Waals surface area contributed by atoms with Gasteiger partial charge in [0.25, 0.3) is 5.56 Å². The third-order valence-electron chi connectivity index (χ3n) is 1.43. The minimum atomic E-state index is -1.06. The molecule has 0 unspecified atom stereocenters. The van der Waals surface area contributed by atoms with E-state index in [1.807, 2.05) is 0 Å². The highest BCUT2D eigenvalue weighted by atomic mass is 19.1. The van der Waals surface area contributed by atoms with E-state index in [0.29, 0.717) is 0 Å². The molecule has 0 aliphatic carbocycles. The van der Waals surface area contributed by atoms with Crippen LogP contribution >= 0.6 is 0 Å². The molecule has 1 aromatic rings. The standard InChI is InChI=1S/C7H9FN2O4/c8-5-3-10(4-14-2-1-11)7(13)9-6(5)12/h3,11H,1-2,4H2,(H,9,12,13). The molecule has 1 aromatic heterocycles. The highest BCUT2D eigenvalue weighted by molar-refractivity contribution is 4.86. The van der Waals surface area contributed by atoms with E-state index in [4.69, 9.17) is 9.84 Å². The number of aromatic amines is 1. The van der Waals surface area contributed by atoms with Gasteiger partial charge in [0.1, 0.15) is 6.73 Å². The van der Waals surface area contributed by atoms with Gasteiger partial charge in [-0.1, -0.05) is 0 Å². The number of nitrogens with one attached hydrogen (secondary N) is 1. The Bertz CT molecular complexity index is 411. The Labute approximate surface area is 77.6 Å². The van der Waals surface area contributed by atoms with Crippen molar-refractivity contribution in [3.8, 4) is 0 Å². The fraction of sp³-hybridized carbons (Fsp3) is 0.429. The normalized spacial score (nSPS) is 10.4. The second kappa shape index (κ2) is 4.68. The summed E-state index contributed by atoms with van der Waals surface area (Å²) >= 11 is 0. The predicted molar refractivity (Wildman–Crippen MR) is 44.3 cm³/mol. The maximum Gasteiger partial charge on any atom is 0.330 e. The van der Waals surface area contributed by atoms with E-state index in [0.717, 1.165) is 10.8 Å². The minimum Gasteiger partial charge on any atom is -0.394 e. The SMILES string of the molecule is O=c1[nH]c(=O)n(COCCO)cc1F. The number of H-pyrrole nitrogens is 1. The van der Waals surface area contributed by atoms with Gasteiger partial charge in [0, 0.05) is 0 Å². The third-order valence-corrected chi connectivity index (χ3v) is 1.43. The molecule has 0 aromatic carbocycles. The van der Waals surface area contributed by atoms with Crippen molar-refractivity contribution in [3.63, 3.8) is 0 Å². The number of aliphatic hydroxyl groups is 1. The number of aromatic nitrogens is 2. The van der Waals surface area contributed by atoms with Crippen LogP contribution in [0.2, 0.25) is 0 Å². The number of rotatable bonds is 4. The van der Waals surface area contributed by atoms with Crippen molar-refractivity contribution in [2.24, 2.45) is 0 Å². The van der Waals surface area contributed by atoms with Crippen LogP contribution in [0.3, 0.4) is 0 Å². The molecular weight excluding hydrogens is 195 g/mol. The molecule has 0 saturated heterocycles. The predicted octanol–water partition coefficient (Wildman–Crippen LogP) is -1.36. The molecule has 14 heavy (non-hydrogen) atoms. The van der Waals surface area contributed by atoms with E-state index >= 15 is 0 Å². The van der Waals surface area contributed by atoms with Gasteiger partial charge in [-0.15, -0.1) is 0 Å². The molecule has 78 valence electrons. The Kier molecular flexibility index (Phi) is 3.55. The minimum absolute atomic E-state index is 0.0349. The molecule has 0 bridgehead atoms. The lowest BCUT2D eigenvalue weighted by atomic mass is 10.6. The van der Waals surface area contributed by atoms with E-state index in [1.165, 1.54) is 0 Å². The van der Waals surface area contributed by atoms with Crippen LogP contribution in [0.15, 0.2) is 15.8 Å². The molecule has 6 nitrogen and oxygen atoms in total. The van der Waals surface area contributed by atoms with E-state index < -0.39 is 17.1 Å². The van der Waals surface area contributed by atoms with Gasteiger partial charge in [-0.25, -0.2) is 4.79 Å². The van der Waals surface area contributed by atoms with Crippen LogP contribution in [-0.4, -0.2) is 27.9 Å². The molecule has 0 aliphatic rings. The molecule has 0 saturated carbocycles. The van der Waals surface area contributed by atoms with Gasteiger partial charge in [0.2, 0.25) is 5.82 Å². The lowest BCUT2D eigenvalue weighted by Crippen LogP contribution is -2.32. The Morgan fingerprint density at radius 2 is 2.29 bits per heavy atom. The van der Waals surface area contributed by atoms with Crippen molar-refractivity contribution in [1.29, 1.82) is 0 Å². The maximum atomic E-state index is 12.7. The monoisotopic (exact) mass is 204 g/mol. The van der Waals surface area contributed by atoms with Gasteiger partial charge in [0.05, 0.1) is 19.4 Å². The zero-order valence-corrected chi connectivity index (χ0v) is 7.20. The third kappa shape index (κ3) is 2.51. The number of ether oxygens (including phenoxy) is 1. The quantitative estimate of drug-likeness (QED) is 0.593. The lowest BCUT2D eigenvalue weighted by Gasteiger charge is -2.04. The topological polar surface area (TPSA) is 84.3 Å². The Morgan fingerprint density at radius 1 is 1.57 bits per heavy atom. The van der Waals surface area contributed by atoms with Crippen LogP contribution in [-0.2, 0) is 11.5 Å². The smallest absolute Gasteiger partial charge is 0.330 e. The van der Waals surface area contributed by atoms with Crippen LogP contribution < -0.4 is 11.2 Å². The number of aliphatic hydroxyl groups excluding tert-OH is 1. The maximum absolute atomic E-state index is 12.7. The van der Waals surface area contributed by atoms with Crippen molar-refractivity contribution < 1.29 is 14.2 Å². The largest absolute Gasteiger partial charge is 0.394 e. The van der Waals surface area contributed by atoms with Gasteiger partial charge in [-0.3, -0.25) is 14.3 Å². The summed E-state index contributed by atoms with van der Waals surface area (Å²) in [6.07, 6.45) is 0.749. The molecule has 0 radical (unpaired) electrons. The van der Waals surface area contributed by atoms with Crippen LogP contribution in [0, 0.1) is 5.82 Å². The summed E-state index contributed by atoms with van der Waals surface area (Å²) in [7, 11) is 0. The van der Waals surface area contributed by atoms with Gasteiger partial charge in [-0.2, -0.15) is 4.39 Å². The highest BCUT2D eigenvalue weighted by Crippen LogP contribution is 1.85. The van der Waals surface area contributed by atoms with Crippen LogP contribution in [0.4, 0.5) is 4.39 Å². The van der Waals surface area contributed by atoms with Crippen molar-refractivity contribution >= 4 is 0 Å². The van der Waals surface area contributed by atoms with Crippen molar-refractivity contribution in [2.75, 3.05) is 13.2 Å². The molecule has 0 fully saturated rings. The Balaban J connectivity index is 2.82. The average molecular weight is 204 g/mol. The van der Waals surface area contributed by atoms with Crippen molar-refractivity contribution in [1.82, 2.24) is 9.55 Å². The molecule has 7 heteroatoms. The fourth-order valence-corrected chi connectivity index (χ4v) is 0.806. The van der Waals surface area contributed by atoms with E-state index in [-0.39, 0.29) is 19.9 Å². The molecule has 0 aliphatic heterocycles. The number of hydrogen-bond donors (Lipinski definition) is 2. The Hall–Kier alpha value is -1.47. The lowest BCUT2D eigenvalue weighted by molar-refractivity contribution is 0.0451. The molecule has 1 heterocycles. The summed E-state index contributed by atoms with van der Waals surface area (Å²) in [5, 5.41) is 8.37. The molecule has 2 N–H and O–H groups in total. The Morgan fingerprint density at radius 3 is 2.93 bits per heavy atom. The molecule has 0 atom stereocenters. The zero-order valence-electron chi connectivity index (χ0n) is 7.20. The van der Waals surface area contributed by atoms with Crippen molar-refractivity contribution in [3.05, 3.63) is 32.9 Å². The molecule has 0 amide bonds. The average Bonchev–Trinajstić information content (AvgIpc) is 2.14. The second-order valence-corrected chi connectivity index (χ2v) is 2.47. The summed E-state index contributed by atoms with van der Waals surface area (Å²) in [4.78, 5) is 23.4. The summed E-state index contributed by atoms with van der Waals surface area (Å²) < 4.78 is 18.3. The highest BCUT2D eigenvalue weighted by Gasteiger charge is 2.02. The first-order valence-corrected chi connectivity index (χ1v) is 3.83. The van der Waals surface area contributed by atoms with E-state index in [1.54, 1.807) is 4.98 Å². The van der Waals surface area contributed by atoms with Gasteiger partial charge >= 0.3 is 5.69 Å². The molecular formula is C7H9FN2O4. The first-order chi connectivity index (χ1) is 6.65. The molecule has 0 spiro atoms. The summed E-state index contributed by atoms with van der Waals surface area (Å²) in [6, 6.07) is 0. The summed E-state index contributed by atoms with van der Waals surface area (Å²) in [5.41, 5.74) is -1.82. The van der Waals surface area contributed by atoms with Crippen LogP contribution in [0.5, 0.6) is 0 Å². The summed E-state index contributed by atoms with van der Waals surface area (Å²) in [6.45, 7) is -0.374. The van der Waals surface area contributed by atoms with Gasteiger partial charge in [-0.05, 0) is 0 Å². The van der Waals surface area contributed by atoms with Crippen LogP contribution in [0.1, 0.15) is 0 Å². The van der Waals surface area contributed by atoms with Crippen molar-refractivity contribution in [2.45, 2.75) is 6.73 Å². The van der Waals surface area contributed by atoms with E-state index in [2.05, 4.69) is 0 Å². The first-order valence-electron chi connectivity index (χ1n) is 3.83. The number of halogens is 1. The zero-order chi connectivity index (χ0) is 10.6. The second-order valence-electron chi connectivity index (χ2n) is 2.47. The summed E-state index contributed by atoms with van der Waals surface area (Å²) in [5.74, 6) is -1.06. The van der Waals surface area contributed by atoms with Crippen LogP contribution in [0.25, 0.3) is 0 Å². The fourth-order valence-electron chi connectivity index (χ4n) is 0.806. The first kappa shape index (κ1) is 10.6. The van der Waals surface area contributed by atoms with E-state index in [9.17, 15) is 14.0 Å². The number of hydrogen-bond acceptors (Lipinski definition) is 4. The van der Waals surface area contributed by atoms with Gasteiger partial charge in [0.15, 0.2) is 0 Å². The molecule has 1 rings (SSSR count). The number of nitrogens with zero attached hydrogens (tertiary/aromatic N) is 1.